The van der Waals surface area contributed by atoms with Crippen molar-refractivity contribution in [2.24, 2.45) is 11.8 Å². The van der Waals surface area contributed by atoms with Crippen LogP contribution >= 0.6 is 0 Å². The van der Waals surface area contributed by atoms with Crippen molar-refractivity contribution < 1.29 is 47.7 Å². The van der Waals surface area contributed by atoms with Crippen LogP contribution < -0.4 is 10.6 Å². The first kappa shape index (κ1) is 41.2. The second-order valence-corrected chi connectivity index (χ2v) is 15.2. The van der Waals surface area contributed by atoms with Gasteiger partial charge in [0, 0.05) is 11.1 Å². The number of Topliss-reactive ketones (excluding diaryl/α,β-unsaturated/α-hetero) is 2. The van der Waals surface area contributed by atoms with E-state index in [-0.39, 0.29) is 11.8 Å². The van der Waals surface area contributed by atoms with E-state index in [2.05, 4.69) is 10.6 Å². The number of nitrogens with one attached hydrogen (secondary N) is 2. The molecule has 0 spiro atoms. The Labute approximate surface area is 304 Å². The fourth-order valence-corrected chi connectivity index (χ4v) is 4.93. The Morgan fingerprint density at radius 3 is 1.37 bits per heavy atom. The van der Waals surface area contributed by atoms with Crippen LogP contribution in [0.4, 0.5) is 9.59 Å². The molecule has 0 heterocycles. The average Bonchev–Trinajstić information content (AvgIpc) is 3.04. The highest BCUT2D eigenvalue weighted by Gasteiger charge is 2.30. The van der Waals surface area contributed by atoms with Crippen molar-refractivity contribution in [3.8, 4) is 11.1 Å². The molecule has 0 aliphatic heterocycles. The minimum atomic E-state index is -0.986. The predicted octanol–water partition coefficient (Wildman–Crippen LogP) is 7.06. The Bertz CT molecular complexity index is 1780. The molecule has 0 aliphatic rings. The molecule has 0 radical (unpaired) electrons. The molecule has 3 aromatic carbocycles. The van der Waals surface area contributed by atoms with Gasteiger partial charge in [0.05, 0.1) is 0 Å². The number of ketones is 2. The van der Waals surface area contributed by atoms with Gasteiger partial charge < -0.3 is 29.6 Å². The van der Waals surface area contributed by atoms with E-state index in [1.807, 2.05) is 18.2 Å². The smallest absolute Gasteiger partial charge is 0.408 e. The number of esters is 2. The van der Waals surface area contributed by atoms with Crippen LogP contribution in [0, 0.1) is 11.8 Å². The minimum absolute atomic E-state index is 0.299. The van der Waals surface area contributed by atoms with E-state index in [4.69, 9.17) is 18.9 Å². The summed E-state index contributed by atoms with van der Waals surface area (Å²) in [5, 5.41) is 6.69. The highest BCUT2D eigenvalue weighted by Crippen LogP contribution is 2.26. The number of benzene rings is 3. The second kappa shape index (κ2) is 17.3. The fraction of sp³-hybridized carbons (Fsp3) is 0.450. The van der Waals surface area contributed by atoms with Crippen LogP contribution in [0.2, 0.25) is 0 Å². The third kappa shape index (κ3) is 12.5. The van der Waals surface area contributed by atoms with Gasteiger partial charge >= 0.3 is 24.1 Å². The molecule has 0 saturated heterocycles. The molecule has 0 aromatic heterocycles. The second-order valence-electron chi connectivity index (χ2n) is 15.2. The van der Waals surface area contributed by atoms with Gasteiger partial charge in [0.2, 0.25) is 0 Å². The molecule has 2 amide bonds. The van der Waals surface area contributed by atoms with Gasteiger partial charge in [0.15, 0.2) is 24.8 Å². The Kier molecular flexibility index (Phi) is 13.7. The Hall–Kier alpha value is -5.26. The molecule has 12 heteroatoms. The van der Waals surface area contributed by atoms with Crippen LogP contribution in [0.1, 0.15) is 90.0 Å². The number of carbonyl (C=O) groups is 6. The first-order valence-electron chi connectivity index (χ1n) is 17.2. The predicted molar refractivity (Wildman–Crippen MR) is 196 cm³/mol. The highest BCUT2D eigenvalue weighted by molar-refractivity contribution is 6.02. The van der Waals surface area contributed by atoms with Gasteiger partial charge in [-0.05, 0) is 87.4 Å². The van der Waals surface area contributed by atoms with Gasteiger partial charge in [0.25, 0.3) is 0 Å². The standard InChI is InChI=1S/C40H50N2O10/c1-23(2)33(41-37(47)51-39(5,6)7)35(45)49-21-31(43)26-13-11-25(12-14-26)27-15-16-29-20-30(18-17-28(29)19-27)32(44)22-50-36(46)34(24(3)4)42-38(48)52-40(8,9)10/h11-20,23-24,33-34H,21-22H2,1-10H3,(H,41,47)(H,42,48)/t33?,34-/m0/s1. The Balaban J connectivity index is 1.60. The number of hydrogen-bond acceptors (Lipinski definition) is 10. The maximum Gasteiger partial charge on any atom is 0.408 e. The molecule has 0 aliphatic carbocycles. The maximum atomic E-state index is 12.9. The number of amides is 2. The van der Waals surface area contributed by atoms with Crippen molar-refractivity contribution in [1.82, 2.24) is 10.6 Å². The molecular formula is C40H50N2O10. The van der Waals surface area contributed by atoms with Crippen molar-refractivity contribution in [2.75, 3.05) is 13.2 Å². The number of ether oxygens (including phenoxy) is 4. The Morgan fingerprint density at radius 1 is 0.538 bits per heavy atom. The zero-order valence-corrected chi connectivity index (χ0v) is 31.6. The molecule has 0 fully saturated rings. The summed E-state index contributed by atoms with van der Waals surface area (Å²) in [5.74, 6) is -2.87. The van der Waals surface area contributed by atoms with Crippen LogP contribution in [0.3, 0.4) is 0 Å². The SMILES string of the molecule is CC(C)C(NC(=O)OC(C)(C)C)C(=O)OCC(=O)c1ccc(-c2ccc3cc(C(=O)COC(=O)[C@@H](NC(=O)OC(C)(C)C)C(C)C)ccc3c2)cc1. The summed E-state index contributed by atoms with van der Waals surface area (Å²) in [6, 6.07) is 15.7. The molecular weight excluding hydrogens is 668 g/mol. The molecule has 0 saturated carbocycles. The lowest BCUT2D eigenvalue weighted by Gasteiger charge is -2.24. The number of alkyl carbamates (subject to hydrolysis) is 2. The topological polar surface area (TPSA) is 163 Å². The molecule has 2 N–H and O–H groups in total. The Morgan fingerprint density at radius 2 is 0.923 bits per heavy atom. The number of rotatable bonds is 13. The van der Waals surface area contributed by atoms with E-state index in [0.29, 0.717) is 11.1 Å². The summed E-state index contributed by atoms with van der Waals surface area (Å²) in [7, 11) is 0. The van der Waals surface area contributed by atoms with Gasteiger partial charge in [-0.25, -0.2) is 19.2 Å². The normalized spacial score (nSPS) is 12.8. The zero-order valence-electron chi connectivity index (χ0n) is 31.6. The number of fused-ring (bicyclic) bond motifs is 1. The van der Waals surface area contributed by atoms with Crippen LogP contribution in [0.25, 0.3) is 21.9 Å². The zero-order chi connectivity index (χ0) is 39.0. The van der Waals surface area contributed by atoms with Gasteiger partial charge in [-0.3, -0.25) is 9.59 Å². The maximum absolute atomic E-state index is 12.9. The lowest BCUT2D eigenvalue weighted by molar-refractivity contribution is -0.146. The van der Waals surface area contributed by atoms with Crippen molar-refractivity contribution in [3.05, 3.63) is 71.8 Å². The lowest BCUT2D eigenvalue weighted by Crippen LogP contribution is -2.47. The summed E-state index contributed by atoms with van der Waals surface area (Å²) in [5.41, 5.74) is 0.940. The van der Waals surface area contributed by atoms with E-state index in [9.17, 15) is 28.8 Å². The van der Waals surface area contributed by atoms with E-state index in [1.165, 1.54) is 0 Å². The minimum Gasteiger partial charge on any atom is -0.456 e. The van der Waals surface area contributed by atoms with Crippen molar-refractivity contribution >= 4 is 46.5 Å². The van der Waals surface area contributed by atoms with Crippen LogP contribution in [-0.2, 0) is 28.5 Å². The van der Waals surface area contributed by atoms with Gasteiger partial charge in [0.1, 0.15) is 23.3 Å². The van der Waals surface area contributed by atoms with Crippen LogP contribution in [0.5, 0.6) is 0 Å². The first-order chi connectivity index (χ1) is 24.1. The number of carbonyl (C=O) groups excluding carboxylic acids is 6. The van der Waals surface area contributed by atoms with Crippen molar-refractivity contribution in [2.45, 2.75) is 92.5 Å². The van der Waals surface area contributed by atoms with Gasteiger partial charge in [-0.15, -0.1) is 0 Å². The first-order valence-corrected chi connectivity index (χ1v) is 17.2. The molecule has 1 unspecified atom stereocenters. The third-order valence-electron chi connectivity index (χ3n) is 7.58. The van der Waals surface area contributed by atoms with E-state index < -0.39 is 72.2 Å². The fourth-order valence-electron chi connectivity index (χ4n) is 4.93. The summed E-state index contributed by atoms with van der Waals surface area (Å²) in [4.78, 5) is 75.6. The molecule has 3 aromatic rings. The van der Waals surface area contributed by atoms with E-state index in [0.717, 1.165) is 21.9 Å². The molecule has 2 atom stereocenters. The van der Waals surface area contributed by atoms with Crippen LogP contribution in [-0.4, -0.2) is 72.2 Å². The molecule has 52 heavy (non-hydrogen) atoms. The van der Waals surface area contributed by atoms with Gasteiger partial charge in [-0.1, -0.05) is 76.2 Å². The number of hydrogen-bond donors (Lipinski definition) is 2. The summed E-state index contributed by atoms with van der Waals surface area (Å²) < 4.78 is 21.0. The van der Waals surface area contributed by atoms with Crippen LogP contribution in [0.15, 0.2) is 60.7 Å². The molecule has 12 nitrogen and oxygen atoms in total. The quantitative estimate of drug-likeness (QED) is 0.106. The van der Waals surface area contributed by atoms with E-state index >= 15 is 0 Å². The van der Waals surface area contributed by atoms with Gasteiger partial charge in [-0.2, -0.15) is 0 Å². The average molecular weight is 719 g/mol. The van der Waals surface area contributed by atoms with Crippen molar-refractivity contribution in [3.63, 3.8) is 0 Å². The van der Waals surface area contributed by atoms with Crippen molar-refractivity contribution in [1.29, 1.82) is 0 Å². The molecule has 3 rings (SSSR count). The summed E-state index contributed by atoms with van der Waals surface area (Å²) >= 11 is 0. The van der Waals surface area contributed by atoms with E-state index in [1.54, 1.807) is 112 Å². The molecule has 280 valence electrons. The largest absolute Gasteiger partial charge is 0.456 e. The summed E-state index contributed by atoms with van der Waals surface area (Å²) in [6.45, 7) is 16.3. The molecule has 0 bridgehead atoms. The lowest BCUT2D eigenvalue weighted by atomic mass is 9.98. The third-order valence-corrected chi connectivity index (χ3v) is 7.58. The summed E-state index contributed by atoms with van der Waals surface area (Å²) in [6.07, 6.45) is -1.50. The monoisotopic (exact) mass is 718 g/mol. The highest BCUT2D eigenvalue weighted by atomic mass is 16.6.